The Morgan fingerprint density at radius 3 is 2.68 bits per heavy atom. The monoisotopic (exact) mass is 342 g/mol. The Morgan fingerprint density at radius 2 is 1.96 bits per heavy atom. The molecule has 1 heterocycles. The lowest BCUT2D eigenvalue weighted by molar-refractivity contribution is 0.248. The Labute approximate surface area is 148 Å². The quantitative estimate of drug-likeness (QED) is 0.747. The van der Waals surface area contributed by atoms with Gasteiger partial charge >= 0.3 is 6.03 Å². The number of hydrogen-bond acceptors (Lipinski definition) is 3. The standard InChI is InChI=1S/C19H26N4O2/c1-3-5-12-20-19(24)22-16-14-18(25-13-6-4-2)23(21-15-16)17-10-8-7-9-11-17/h7-11,14-15H,3-6,12-13H2,1-2H3,(H,20,24). The fourth-order valence-corrected chi connectivity index (χ4v) is 2.18. The van der Waals surface area contributed by atoms with Gasteiger partial charge in [0.25, 0.3) is 0 Å². The topological polar surface area (TPSA) is 68.5 Å². The van der Waals surface area contributed by atoms with Gasteiger partial charge in [-0.05, 0) is 25.0 Å². The molecule has 0 saturated carbocycles. The van der Waals surface area contributed by atoms with Crippen LogP contribution in [0.3, 0.4) is 0 Å². The first-order valence-corrected chi connectivity index (χ1v) is 8.84. The Balaban J connectivity index is 2.25. The third kappa shape index (κ3) is 6.06. The summed E-state index contributed by atoms with van der Waals surface area (Å²) in [7, 11) is 0. The Bertz CT molecular complexity index is 726. The lowest BCUT2D eigenvalue weighted by atomic mass is 10.3. The molecule has 134 valence electrons. The van der Waals surface area contributed by atoms with Gasteiger partial charge in [0.2, 0.25) is 5.88 Å². The number of benzene rings is 1. The van der Waals surface area contributed by atoms with Crippen molar-refractivity contribution in [2.24, 2.45) is 4.99 Å². The minimum Gasteiger partial charge on any atom is -0.478 e. The van der Waals surface area contributed by atoms with Crippen molar-refractivity contribution in [3.8, 4) is 11.6 Å². The number of para-hydroxylation sites is 1. The fourth-order valence-electron chi connectivity index (χ4n) is 2.18. The van der Waals surface area contributed by atoms with Crippen LogP contribution in [0.4, 0.5) is 4.79 Å². The van der Waals surface area contributed by atoms with E-state index in [1.165, 1.54) is 0 Å². The Kier molecular flexibility index (Phi) is 7.69. The molecule has 0 fully saturated rings. The number of ether oxygens (including phenoxy) is 1. The van der Waals surface area contributed by atoms with Crippen LogP contribution in [0, 0.1) is 0 Å². The molecule has 0 saturated heterocycles. The van der Waals surface area contributed by atoms with Crippen molar-refractivity contribution in [1.82, 2.24) is 15.1 Å². The molecule has 1 aromatic carbocycles. The zero-order valence-electron chi connectivity index (χ0n) is 14.9. The molecular weight excluding hydrogens is 316 g/mol. The highest BCUT2D eigenvalue weighted by atomic mass is 16.5. The van der Waals surface area contributed by atoms with Crippen LogP contribution in [0.2, 0.25) is 0 Å². The van der Waals surface area contributed by atoms with Gasteiger partial charge in [-0.1, -0.05) is 44.9 Å². The van der Waals surface area contributed by atoms with Crippen molar-refractivity contribution in [3.63, 3.8) is 0 Å². The maximum atomic E-state index is 11.9. The Morgan fingerprint density at radius 1 is 1.20 bits per heavy atom. The first-order chi connectivity index (χ1) is 12.2. The summed E-state index contributed by atoms with van der Waals surface area (Å²) in [6.45, 7) is 5.41. The number of nitrogens with zero attached hydrogens (tertiary/aromatic N) is 3. The van der Waals surface area contributed by atoms with E-state index in [0.29, 0.717) is 24.4 Å². The Hall–Kier alpha value is -2.63. The predicted octanol–water partition coefficient (Wildman–Crippen LogP) is 3.46. The normalized spacial score (nSPS) is 11.4. The lowest BCUT2D eigenvalue weighted by Crippen LogP contribution is -2.24. The van der Waals surface area contributed by atoms with Gasteiger partial charge in [-0.15, -0.1) is 0 Å². The minimum absolute atomic E-state index is 0.354. The summed E-state index contributed by atoms with van der Waals surface area (Å²) in [6, 6.07) is 11.1. The van der Waals surface area contributed by atoms with Gasteiger partial charge in [-0.3, -0.25) is 0 Å². The first-order valence-electron chi connectivity index (χ1n) is 8.84. The number of carbonyl (C=O) groups is 1. The highest BCUT2D eigenvalue weighted by Crippen LogP contribution is 2.14. The van der Waals surface area contributed by atoms with Crippen molar-refractivity contribution >= 4 is 6.03 Å². The summed E-state index contributed by atoms with van der Waals surface area (Å²) in [5.74, 6) is 0.572. The molecule has 0 radical (unpaired) electrons. The second kappa shape index (κ2) is 10.3. The highest BCUT2D eigenvalue weighted by molar-refractivity contribution is 5.74. The van der Waals surface area contributed by atoms with Crippen molar-refractivity contribution in [2.75, 3.05) is 13.2 Å². The van der Waals surface area contributed by atoms with Crippen LogP contribution in [0.15, 0.2) is 47.6 Å². The summed E-state index contributed by atoms with van der Waals surface area (Å²) >= 11 is 0. The average Bonchev–Trinajstić information content (AvgIpc) is 2.63. The van der Waals surface area contributed by atoms with E-state index in [1.54, 1.807) is 16.9 Å². The number of urea groups is 1. The van der Waals surface area contributed by atoms with Gasteiger partial charge in [-0.2, -0.15) is 10.1 Å². The summed E-state index contributed by atoms with van der Waals surface area (Å²) in [6.07, 6.45) is 5.53. The van der Waals surface area contributed by atoms with Crippen LogP contribution in [0.1, 0.15) is 39.5 Å². The van der Waals surface area contributed by atoms with Crippen LogP contribution in [0.5, 0.6) is 5.88 Å². The number of amides is 2. The molecule has 0 bridgehead atoms. The molecule has 2 amide bonds. The largest absolute Gasteiger partial charge is 0.478 e. The van der Waals surface area contributed by atoms with Gasteiger partial charge in [0, 0.05) is 12.6 Å². The van der Waals surface area contributed by atoms with Crippen molar-refractivity contribution in [3.05, 3.63) is 48.0 Å². The molecule has 2 aromatic rings. The van der Waals surface area contributed by atoms with Crippen molar-refractivity contribution in [2.45, 2.75) is 39.5 Å². The molecule has 6 heteroatoms. The summed E-state index contributed by atoms with van der Waals surface area (Å²) in [5, 5.41) is 7.64. The van der Waals surface area contributed by atoms with Gasteiger partial charge in [-0.25, -0.2) is 9.48 Å². The van der Waals surface area contributed by atoms with Crippen LogP contribution in [0.25, 0.3) is 5.69 Å². The number of rotatable bonds is 8. The summed E-state index contributed by atoms with van der Waals surface area (Å²) in [5.41, 5.74) is 0.896. The van der Waals surface area contributed by atoms with E-state index in [-0.39, 0.29) is 6.03 Å². The van der Waals surface area contributed by atoms with Crippen LogP contribution in [-0.2, 0) is 0 Å². The molecule has 1 aromatic heterocycles. The number of hydrogen-bond donors (Lipinski definition) is 1. The van der Waals surface area contributed by atoms with E-state index in [9.17, 15) is 4.79 Å². The molecule has 0 aliphatic heterocycles. The number of unbranched alkanes of at least 4 members (excludes halogenated alkanes) is 2. The molecule has 0 unspecified atom stereocenters. The molecule has 6 nitrogen and oxygen atoms in total. The summed E-state index contributed by atoms with van der Waals surface area (Å²) < 4.78 is 7.57. The molecule has 0 aliphatic carbocycles. The SMILES string of the molecule is CCCCNC(=O)N=c1cnn(-c2ccccc2)c(OCCCC)c1. The maximum Gasteiger partial charge on any atom is 0.341 e. The second-order valence-corrected chi connectivity index (χ2v) is 5.70. The molecule has 0 aliphatic rings. The van der Waals surface area contributed by atoms with E-state index in [4.69, 9.17) is 4.74 Å². The molecule has 25 heavy (non-hydrogen) atoms. The predicted molar refractivity (Wildman–Crippen MR) is 97.8 cm³/mol. The van der Waals surface area contributed by atoms with Crippen LogP contribution in [-0.4, -0.2) is 29.0 Å². The number of carbonyl (C=O) groups excluding carboxylic acids is 1. The first kappa shape index (κ1) is 18.7. The lowest BCUT2D eigenvalue weighted by Gasteiger charge is -2.13. The van der Waals surface area contributed by atoms with Crippen LogP contribution < -0.4 is 15.4 Å². The molecule has 0 atom stereocenters. The van der Waals surface area contributed by atoms with Gasteiger partial charge in [0.15, 0.2) is 0 Å². The van der Waals surface area contributed by atoms with Gasteiger partial charge in [0.1, 0.15) is 0 Å². The average molecular weight is 342 g/mol. The third-order valence-corrected chi connectivity index (χ3v) is 3.57. The molecule has 1 N–H and O–H groups in total. The van der Waals surface area contributed by atoms with Gasteiger partial charge < -0.3 is 10.1 Å². The van der Waals surface area contributed by atoms with Crippen molar-refractivity contribution < 1.29 is 9.53 Å². The number of nitrogens with one attached hydrogen (secondary N) is 1. The zero-order chi connectivity index (χ0) is 17.9. The fraction of sp³-hybridized carbons (Fsp3) is 0.421. The highest BCUT2D eigenvalue weighted by Gasteiger charge is 2.06. The van der Waals surface area contributed by atoms with E-state index in [1.807, 2.05) is 30.3 Å². The molecule has 2 rings (SSSR count). The third-order valence-electron chi connectivity index (χ3n) is 3.57. The maximum absolute atomic E-state index is 11.9. The zero-order valence-corrected chi connectivity index (χ0v) is 14.9. The minimum atomic E-state index is -0.354. The van der Waals surface area contributed by atoms with Crippen LogP contribution >= 0.6 is 0 Å². The van der Waals surface area contributed by atoms with E-state index >= 15 is 0 Å². The molecular formula is C19H26N4O2. The number of aromatic nitrogens is 2. The van der Waals surface area contributed by atoms with Gasteiger partial charge in [0.05, 0.1) is 23.8 Å². The summed E-state index contributed by atoms with van der Waals surface area (Å²) in [4.78, 5) is 15.9. The van der Waals surface area contributed by atoms with E-state index in [2.05, 4.69) is 29.3 Å². The smallest absolute Gasteiger partial charge is 0.341 e. The second-order valence-electron chi connectivity index (χ2n) is 5.70. The van der Waals surface area contributed by atoms with E-state index < -0.39 is 0 Å². The van der Waals surface area contributed by atoms with Crippen molar-refractivity contribution in [1.29, 1.82) is 0 Å². The molecule has 0 spiro atoms. The van der Waals surface area contributed by atoms with E-state index in [0.717, 1.165) is 31.4 Å².